The molecule has 108 valence electrons. The molecule has 0 amide bonds. The van der Waals surface area contributed by atoms with Crippen molar-refractivity contribution in [2.45, 2.75) is 58.6 Å². The number of aryl methyl sites for hydroxylation is 1. The molecule has 0 saturated heterocycles. The average Bonchev–Trinajstić information content (AvgIpc) is 2.81. The Labute approximate surface area is 115 Å². The fourth-order valence-corrected chi connectivity index (χ4v) is 3.21. The summed E-state index contributed by atoms with van der Waals surface area (Å²) < 4.78 is 7.27. The Kier molecular flexibility index (Phi) is 4.86. The quantitative estimate of drug-likeness (QED) is 0.890. The molecular weight excluding hydrogens is 240 g/mol. The number of hydrogen-bond acceptors (Lipinski definition) is 3. The summed E-state index contributed by atoms with van der Waals surface area (Å²) in [5.41, 5.74) is 0.864. The molecule has 0 spiro atoms. The summed E-state index contributed by atoms with van der Waals surface area (Å²) in [5.74, 6) is 1.77. The van der Waals surface area contributed by atoms with Crippen LogP contribution in [0.1, 0.15) is 57.7 Å². The van der Waals surface area contributed by atoms with E-state index in [-0.39, 0.29) is 0 Å². The molecule has 19 heavy (non-hydrogen) atoms. The molecule has 1 heterocycles. The van der Waals surface area contributed by atoms with Crippen LogP contribution in [-0.4, -0.2) is 22.0 Å². The van der Waals surface area contributed by atoms with Crippen LogP contribution in [-0.2, 0) is 6.54 Å². The number of nitrogens with zero attached hydrogens (tertiary/aromatic N) is 2. The lowest BCUT2D eigenvalue weighted by atomic mass is 9.79. The van der Waals surface area contributed by atoms with Crippen molar-refractivity contribution in [1.29, 1.82) is 0 Å². The van der Waals surface area contributed by atoms with Gasteiger partial charge in [-0.3, -0.25) is 4.68 Å². The van der Waals surface area contributed by atoms with E-state index in [1.807, 2.05) is 4.68 Å². The Morgan fingerprint density at radius 2 is 2.32 bits per heavy atom. The molecule has 0 bridgehead atoms. The van der Waals surface area contributed by atoms with Gasteiger partial charge in [-0.2, -0.15) is 5.10 Å². The first-order valence-corrected chi connectivity index (χ1v) is 7.45. The van der Waals surface area contributed by atoms with Crippen molar-refractivity contribution in [3.63, 3.8) is 0 Å². The lowest BCUT2D eigenvalue weighted by Gasteiger charge is -2.31. The van der Waals surface area contributed by atoms with Crippen molar-refractivity contribution in [3.8, 4) is 5.75 Å². The topological polar surface area (TPSA) is 47.3 Å². The summed E-state index contributed by atoms with van der Waals surface area (Å²) in [6, 6.07) is 0. The Bertz CT molecular complexity index is 403. The van der Waals surface area contributed by atoms with E-state index in [9.17, 15) is 5.11 Å². The highest BCUT2D eigenvalue weighted by atomic mass is 16.5. The number of aliphatic hydroxyl groups is 1. The van der Waals surface area contributed by atoms with Gasteiger partial charge in [0, 0.05) is 6.54 Å². The Balaban J connectivity index is 2.20. The third-order valence-corrected chi connectivity index (χ3v) is 4.20. The van der Waals surface area contributed by atoms with Gasteiger partial charge in [0.05, 0.1) is 13.3 Å². The first-order valence-electron chi connectivity index (χ1n) is 7.45. The summed E-state index contributed by atoms with van der Waals surface area (Å²) in [6.45, 7) is 5.23. The number of methoxy groups -OCH3 is 1. The largest absolute Gasteiger partial charge is 0.493 e. The third kappa shape index (κ3) is 3.11. The smallest absolute Gasteiger partial charge is 0.162 e. The number of ether oxygens (including phenoxy) is 1. The Morgan fingerprint density at radius 1 is 1.53 bits per heavy atom. The fraction of sp³-hybridized carbons (Fsp3) is 0.800. The summed E-state index contributed by atoms with van der Waals surface area (Å²) in [5, 5.41) is 15.1. The van der Waals surface area contributed by atoms with Gasteiger partial charge in [-0.15, -0.1) is 0 Å². The van der Waals surface area contributed by atoms with E-state index in [1.165, 1.54) is 12.8 Å². The summed E-state index contributed by atoms with van der Waals surface area (Å²) in [6.07, 6.45) is 6.98. The van der Waals surface area contributed by atoms with Crippen LogP contribution < -0.4 is 4.74 Å². The number of aromatic nitrogens is 2. The van der Waals surface area contributed by atoms with Gasteiger partial charge in [0.15, 0.2) is 5.75 Å². The molecule has 1 aromatic rings. The minimum Gasteiger partial charge on any atom is -0.493 e. The van der Waals surface area contributed by atoms with Gasteiger partial charge < -0.3 is 9.84 Å². The molecule has 3 unspecified atom stereocenters. The molecule has 2 rings (SSSR count). The van der Waals surface area contributed by atoms with E-state index >= 15 is 0 Å². The molecule has 1 fully saturated rings. The van der Waals surface area contributed by atoms with Crippen LogP contribution in [0.3, 0.4) is 0 Å². The van der Waals surface area contributed by atoms with Crippen molar-refractivity contribution in [1.82, 2.24) is 9.78 Å². The van der Waals surface area contributed by atoms with E-state index < -0.39 is 6.10 Å². The van der Waals surface area contributed by atoms with Gasteiger partial charge in [0.2, 0.25) is 0 Å². The summed E-state index contributed by atoms with van der Waals surface area (Å²) in [7, 11) is 1.65. The standard InChI is InChI=1S/C15H26N2O2/c1-4-8-17-14(13(19-3)10-16-17)15(18)12-7-5-6-11(2)9-12/h10-12,15,18H,4-9H2,1-3H3. The highest BCUT2D eigenvalue weighted by Crippen LogP contribution is 2.39. The van der Waals surface area contributed by atoms with Crippen LogP contribution in [0.5, 0.6) is 5.75 Å². The van der Waals surface area contributed by atoms with Crippen LogP contribution in [0.4, 0.5) is 0 Å². The predicted molar refractivity (Wildman–Crippen MR) is 75.2 cm³/mol. The minimum absolute atomic E-state index is 0.338. The molecular formula is C15H26N2O2. The zero-order valence-corrected chi connectivity index (χ0v) is 12.3. The first kappa shape index (κ1) is 14.4. The molecule has 3 atom stereocenters. The first-order chi connectivity index (χ1) is 9.17. The maximum absolute atomic E-state index is 10.7. The molecule has 1 aliphatic carbocycles. The van der Waals surface area contributed by atoms with Crippen LogP contribution in [0.25, 0.3) is 0 Å². The molecule has 0 radical (unpaired) electrons. The second-order valence-electron chi connectivity index (χ2n) is 5.80. The van der Waals surface area contributed by atoms with Crippen LogP contribution in [0, 0.1) is 11.8 Å². The lowest BCUT2D eigenvalue weighted by molar-refractivity contribution is 0.0619. The van der Waals surface area contributed by atoms with Crippen LogP contribution >= 0.6 is 0 Å². The zero-order valence-electron chi connectivity index (χ0n) is 12.3. The van der Waals surface area contributed by atoms with Crippen molar-refractivity contribution >= 4 is 0 Å². The molecule has 1 aliphatic rings. The van der Waals surface area contributed by atoms with Crippen molar-refractivity contribution in [3.05, 3.63) is 11.9 Å². The van der Waals surface area contributed by atoms with E-state index in [1.54, 1.807) is 13.3 Å². The van der Waals surface area contributed by atoms with Gasteiger partial charge in [0.1, 0.15) is 11.8 Å². The van der Waals surface area contributed by atoms with Gasteiger partial charge >= 0.3 is 0 Å². The van der Waals surface area contributed by atoms with Gasteiger partial charge in [-0.1, -0.05) is 26.7 Å². The maximum atomic E-state index is 10.7. The van der Waals surface area contributed by atoms with Gasteiger partial charge in [-0.25, -0.2) is 0 Å². The fourth-order valence-electron chi connectivity index (χ4n) is 3.21. The molecule has 4 heteroatoms. The Morgan fingerprint density at radius 3 is 2.95 bits per heavy atom. The SMILES string of the molecule is CCCn1ncc(OC)c1C(O)C1CCCC(C)C1. The summed E-state index contributed by atoms with van der Waals surface area (Å²) >= 11 is 0. The lowest BCUT2D eigenvalue weighted by Crippen LogP contribution is -2.23. The van der Waals surface area contributed by atoms with Gasteiger partial charge in [-0.05, 0) is 31.1 Å². The van der Waals surface area contributed by atoms with E-state index in [2.05, 4.69) is 18.9 Å². The number of hydrogen-bond donors (Lipinski definition) is 1. The minimum atomic E-state index is -0.452. The average molecular weight is 266 g/mol. The molecule has 1 N–H and O–H groups in total. The highest BCUT2D eigenvalue weighted by Gasteiger charge is 2.30. The highest BCUT2D eigenvalue weighted by molar-refractivity contribution is 5.27. The normalized spacial score (nSPS) is 25.3. The second-order valence-corrected chi connectivity index (χ2v) is 5.80. The van der Waals surface area contributed by atoms with Gasteiger partial charge in [0.25, 0.3) is 0 Å². The molecule has 1 saturated carbocycles. The van der Waals surface area contributed by atoms with Crippen molar-refractivity contribution in [2.75, 3.05) is 7.11 Å². The molecule has 0 aliphatic heterocycles. The number of aliphatic hydroxyl groups excluding tert-OH is 1. The van der Waals surface area contributed by atoms with E-state index in [0.29, 0.717) is 11.8 Å². The summed E-state index contributed by atoms with van der Waals surface area (Å²) in [4.78, 5) is 0. The Hall–Kier alpha value is -1.03. The van der Waals surface area contributed by atoms with Crippen LogP contribution in [0.2, 0.25) is 0 Å². The van der Waals surface area contributed by atoms with Crippen molar-refractivity contribution in [2.24, 2.45) is 11.8 Å². The predicted octanol–water partition coefficient (Wildman–Crippen LogP) is 3.16. The van der Waals surface area contributed by atoms with E-state index in [4.69, 9.17) is 4.74 Å². The molecule has 1 aromatic heterocycles. The van der Waals surface area contributed by atoms with E-state index in [0.717, 1.165) is 37.3 Å². The number of rotatable bonds is 5. The molecule has 4 nitrogen and oxygen atoms in total. The maximum Gasteiger partial charge on any atom is 0.162 e. The van der Waals surface area contributed by atoms with Crippen molar-refractivity contribution < 1.29 is 9.84 Å². The monoisotopic (exact) mass is 266 g/mol. The van der Waals surface area contributed by atoms with Crippen LogP contribution in [0.15, 0.2) is 6.20 Å². The zero-order chi connectivity index (χ0) is 13.8. The second kappa shape index (κ2) is 6.42. The molecule has 0 aromatic carbocycles. The third-order valence-electron chi connectivity index (χ3n) is 4.20.